The second-order valence-electron chi connectivity index (χ2n) is 11.9. The van der Waals surface area contributed by atoms with E-state index in [0.29, 0.717) is 0 Å². The third-order valence-corrected chi connectivity index (χ3v) is 9.23. The summed E-state index contributed by atoms with van der Waals surface area (Å²) in [6.45, 7) is 0. The van der Waals surface area contributed by atoms with Crippen molar-refractivity contribution in [3.8, 4) is 33.6 Å². The van der Waals surface area contributed by atoms with Gasteiger partial charge in [-0.25, -0.2) is 4.98 Å². The van der Waals surface area contributed by atoms with Gasteiger partial charge < -0.3 is 8.83 Å². The van der Waals surface area contributed by atoms with Crippen LogP contribution in [0.3, 0.4) is 0 Å². The summed E-state index contributed by atoms with van der Waals surface area (Å²) in [7, 11) is 0. The Morgan fingerprint density at radius 2 is 1.07 bits per heavy atom. The van der Waals surface area contributed by atoms with Crippen LogP contribution in [0.15, 0.2) is 160 Å². The maximum absolute atomic E-state index is 6.83. The molecular weight excluding hydrogens is 562 g/mol. The van der Waals surface area contributed by atoms with Crippen LogP contribution in [0.1, 0.15) is 0 Å². The fourth-order valence-corrected chi connectivity index (χ4v) is 7.02. The molecule has 3 aromatic heterocycles. The molecule has 0 radical (unpaired) electrons. The van der Waals surface area contributed by atoms with Crippen molar-refractivity contribution in [2.24, 2.45) is 0 Å². The molecule has 10 aromatic rings. The molecule has 0 bridgehead atoms. The average Bonchev–Trinajstić information content (AvgIpc) is 3.68. The number of fused-ring (bicyclic) bond motifs is 8. The predicted octanol–water partition coefficient (Wildman–Crippen LogP) is 12.2. The van der Waals surface area contributed by atoms with Gasteiger partial charge >= 0.3 is 0 Å². The van der Waals surface area contributed by atoms with Crippen LogP contribution in [0.25, 0.3) is 99.1 Å². The summed E-state index contributed by atoms with van der Waals surface area (Å²) in [6.07, 6.45) is 0. The molecule has 0 aliphatic rings. The van der Waals surface area contributed by atoms with E-state index in [0.717, 1.165) is 88.3 Å². The van der Waals surface area contributed by atoms with Crippen molar-refractivity contribution in [2.75, 3.05) is 0 Å². The second-order valence-corrected chi connectivity index (χ2v) is 11.9. The number of nitrogens with zero attached hydrogens (tertiary/aromatic N) is 1. The lowest BCUT2D eigenvalue weighted by atomic mass is 9.95. The second kappa shape index (κ2) is 9.65. The SMILES string of the molecule is c1ccc(-c2ccc(-c3cc4c(oc5ccccc54)c(-c4ccc5ccccc5c4)n3)c3oc4cc5ccccc5cc4c23)cc1. The highest BCUT2D eigenvalue weighted by molar-refractivity contribution is 6.19. The van der Waals surface area contributed by atoms with E-state index in [2.05, 4.69) is 140 Å². The summed E-state index contributed by atoms with van der Waals surface area (Å²) in [6, 6.07) is 53.1. The number of aromatic nitrogens is 1. The average molecular weight is 588 g/mol. The van der Waals surface area contributed by atoms with Crippen LogP contribution in [0.5, 0.6) is 0 Å². The van der Waals surface area contributed by atoms with E-state index >= 15 is 0 Å². The molecule has 0 aliphatic heterocycles. The molecule has 46 heavy (non-hydrogen) atoms. The smallest absolute Gasteiger partial charge is 0.161 e. The fraction of sp³-hybridized carbons (Fsp3) is 0. The summed E-state index contributed by atoms with van der Waals surface area (Å²) in [5.74, 6) is 0. The Morgan fingerprint density at radius 1 is 0.391 bits per heavy atom. The van der Waals surface area contributed by atoms with Crippen LogP contribution >= 0.6 is 0 Å². The Balaban J connectivity index is 1.31. The van der Waals surface area contributed by atoms with Crippen molar-refractivity contribution < 1.29 is 8.83 Å². The van der Waals surface area contributed by atoms with Crippen molar-refractivity contribution >= 4 is 65.4 Å². The zero-order valence-corrected chi connectivity index (χ0v) is 24.7. The maximum Gasteiger partial charge on any atom is 0.161 e. The first-order chi connectivity index (χ1) is 22.8. The van der Waals surface area contributed by atoms with Crippen LogP contribution in [0, 0.1) is 0 Å². The molecule has 10 rings (SSSR count). The van der Waals surface area contributed by atoms with E-state index in [1.54, 1.807) is 0 Å². The number of para-hydroxylation sites is 1. The lowest BCUT2D eigenvalue weighted by Crippen LogP contribution is -1.91. The van der Waals surface area contributed by atoms with E-state index < -0.39 is 0 Å². The van der Waals surface area contributed by atoms with E-state index in [-0.39, 0.29) is 0 Å². The minimum atomic E-state index is 0.785. The highest BCUT2D eigenvalue weighted by Crippen LogP contribution is 2.44. The number of furan rings is 2. The van der Waals surface area contributed by atoms with Crippen LogP contribution in [0.4, 0.5) is 0 Å². The first-order valence-corrected chi connectivity index (χ1v) is 15.5. The molecule has 3 heteroatoms. The van der Waals surface area contributed by atoms with Gasteiger partial charge in [0.15, 0.2) is 5.58 Å². The predicted molar refractivity (Wildman–Crippen MR) is 190 cm³/mol. The number of hydrogen-bond donors (Lipinski definition) is 0. The molecule has 0 fully saturated rings. The fourth-order valence-electron chi connectivity index (χ4n) is 7.02. The molecule has 0 saturated carbocycles. The van der Waals surface area contributed by atoms with Crippen molar-refractivity contribution in [3.05, 3.63) is 152 Å². The standard InChI is InChI=1S/C43H25NO2/c1-2-11-27(12-3-1)32-20-21-34(42-40(32)36-23-29-14-6-7-15-30(29)24-39(36)46-42)37-25-35-33-16-8-9-17-38(33)45-43(35)41(44-37)31-19-18-26-10-4-5-13-28(26)22-31/h1-25H. The summed E-state index contributed by atoms with van der Waals surface area (Å²) in [5.41, 5.74) is 9.23. The Kier molecular flexibility index (Phi) is 5.28. The van der Waals surface area contributed by atoms with Gasteiger partial charge in [-0.05, 0) is 69.1 Å². The molecule has 214 valence electrons. The van der Waals surface area contributed by atoms with E-state index in [1.807, 2.05) is 12.1 Å². The maximum atomic E-state index is 6.83. The Hall–Kier alpha value is -6.19. The molecule has 7 aromatic carbocycles. The highest BCUT2D eigenvalue weighted by atomic mass is 16.3. The van der Waals surface area contributed by atoms with Gasteiger partial charge in [0.2, 0.25) is 0 Å². The van der Waals surface area contributed by atoms with E-state index in [1.165, 1.54) is 10.8 Å². The summed E-state index contributed by atoms with van der Waals surface area (Å²) in [4.78, 5) is 5.37. The molecule has 0 spiro atoms. The lowest BCUT2D eigenvalue weighted by Gasteiger charge is -2.11. The number of pyridine rings is 1. The third kappa shape index (κ3) is 3.75. The zero-order valence-electron chi connectivity index (χ0n) is 24.7. The van der Waals surface area contributed by atoms with Crippen LogP contribution < -0.4 is 0 Å². The van der Waals surface area contributed by atoms with Crippen LogP contribution in [-0.2, 0) is 0 Å². The molecule has 0 saturated heterocycles. The summed E-state index contributed by atoms with van der Waals surface area (Å²) < 4.78 is 13.3. The van der Waals surface area contributed by atoms with Crippen molar-refractivity contribution in [3.63, 3.8) is 0 Å². The molecule has 0 N–H and O–H groups in total. The van der Waals surface area contributed by atoms with Gasteiger partial charge in [0.05, 0.1) is 5.69 Å². The zero-order chi connectivity index (χ0) is 30.2. The largest absolute Gasteiger partial charge is 0.455 e. The summed E-state index contributed by atoms with van der Waals surface area (Å²) in [5, 5.41) is 8.98. The minimum absolute atomic E-state index is 0.785. The Labute approximate surface area is 264 Å². The molecule has 0 atom stereocenters. The van der Waals surface area contributed by atoms with E-state index in [9.17, 15) is 0 Å². The quantitative estimate of drug-likeness (QED) is 0.206. The van der Waals surface area contributed by atoms with Crippen LogP contribution in [-0.4, -0.2) is 4.98 Å². The van der Waals surface area contributed by atoms with Gasteiger partial charge in [0, 0.05) is 32.7 Å². The number of hydrogen-bond acceptors (Lipinski definition) is 3. The minimum Gasteiger partial charge on any atom is -0.455 e. The van der Waals surface area contributed by atoms with Gasteiger partial charge in [-0.15, -0.1) is 0 Å². The molecule has 0 amide bonds. The third-order valence-electron chi connectivity index (χ3n) is 9.23. The molecule has 3 heterocycles. The lowest BCUT2D eigenvalue weighted by molar-refractivity contribution is 0.667. The van der Waals surface area contributed by atoms with E-state index in [4.69, 9.17) is 13.8 Å². The molecule has 0 unspecified atom stereocenters. The normalized spacial score (nSPS) is 11.9. The van der Waals surface area contributed by atoms with Gasteiger partial charge in [-0.1, -0.05) is 115 Å². The highest BCUT2D eigenvalue weighted by Gasteiger charge is 2.22. The Morgan fingerprint density at radius 3 is 1.91 bits per heavy atom. The molecule has 0 aliphatic carbocycles. The summed E-state index contributed by atoms with van der Waals surface area (Å²) >= 11 is 0. The van der Waals surface area contributed by atoms with Gasteiger partial charge in [0.25, 0.3) is 0 Å². The first kappa shape index (κ1) is 25.2. The Bertz CT molecular complexity index is 2800. The topological polar surface area (TPSA) is 39.2 Å². The van der Waals surface area contributed by atoms with Crippen molar-refractivity contribution in [1.29, 1.82) is 0 Å². The first-order valence-electron chi connectivity index (χ1n) is 15.5. The monoisotopic (exact) mass is 587 g/mol. The van der Waals surface area contributed by atoms with Crippen LogP contribution in [0.2, 0.25) is 0 Å². The van der Waals surface area contributed by atoms with Crippen molar-refractivity contribution in [2.45, 2.75) is 0 Å². The number of benzene rings is 7. The van der Waals surface area contributed by atoms with Crippen molar-refractivity contribution in [1.82, 2.24) is 4.98 Å². The van der Waals surface area contributed by atoms with Gasteiger partial charge in [-0.2, -0.15) is 0 Å². The van der Waals surface area contributed by atoms with Gasteiger partial charge in [0.1, 0.15) is 22.4 Å². The molecular formula is C43H25NO2. The van der Waals surface area contributed by atoms with Gasteiger partial charge in [-0.3, -0.25) is 0 Å². The number of rotatable bonds is 3. The molecule has 3 nitrogen and oxygen atoms in total.